The predicted octanol–water partition coefficient (Wildman–Crippen LogP) is 3.35. The van der Waals surface area contributed by atoms with E-state index in [4.69, 9.17) is 23.2 Å². The van der Waals surface area contributed by atoms with Crippen LogP contribution in [0.5, 0.6) is 0 Å². The minimum atomic E-state index is 0.565. The van der Waals surface area contributed by atoms with Crippen LogP contribution in [-0.2, 0) is 6.54 Å². The number of anilines is 1. The van der Waals surface area contributed by atoms with Gasteiger partial charge in [0.2, 0.25) is 0 Å². The fourth-order valence-electron chi connectivity index (χ4n) is 2.84. The van der Waals surface area contributed by atoms with Crippen molar-refractivity contribution in [3.8, 4) is 0 Å². The Kier molecular flexibility index (Phi) is 4.12. The minimum Gasteiger partial charge on any atom is -0.305 e. The molecule has 0 atom stereocenters. The molecule has 3 aromatic rings. The summed E-state index contributed by atoms with van der Waals surface area (Å²) < 4.78 is 0. The van der Waals surface area contributed by atoms with Crippen LogP contribution < -0.4 is 21.0 Å². The van der Waals surface area contributed by atoms with E-state index in [9.17, 15) is 0 Å². The number of hydrogen-bond acceptors (Lipinski definition) is 3. The molecule has 0 bridgehead atoms. The number of nitrogens with zero attached hydrogens (tertiary/aromatic N) is 2. The summed E-state index contributed by atoms with van der Waals surface area (Å²) in [5.41, 5.74) is 5.49. The highest BCUT2D eigenvalue weighted by Gasteiger charge is 2.13. The van der Waals surface area contributed by atoms with Gasteiger partial charge in [0.05, 0.1) is 27.6 Å². The van der Waals surface area contributed by atoms with Gasteiger partial charge in [-0.3, -0.25) is 9.99 Å². The average Bonchev–Trinajstić information content (AvgIpc) is 3.01. The Hall–Kier alpha value is -2.49. The first kappa shape index (κ1) is 16.0. The maximum absolute atomic E-state index is 6.13. The number of rotatable bonds is 2. The van der Waals surface area contributed by atoms with Crippen LogP contribution in [0.2, 0.25) is 10.0 Å². The number of fused-ring (bicyclic) bond motifs is 1. The molecule has 0 fully saturated rings. The van der Waals surface area contributed by atoms with Crippen LogP contribution in [0, 0.1) is 10.4 Å². The second kappa shape index (κ2) is 6.43. The molecule has 0 amide bonds. The third-order valence-electron chi connectivity index (χ3n) is 4.18. The standard InChI is InChI=1S/C20H15Cl2N3/c1-13-2-4-16(10-23-13)15-5-6-17-11-24-25(20(17)9-15)12-14-3-7-18(21)19(22)8-14/h2-11,24H,1,12H2. The highest BCUT2D eigenvalue weighted by Crippen LogP contribution is 2.24. The zero-order valence-electron chi connectivity index (χ0n) is 13.3. The molecule has 0 saturated heterocycles. The van der Waals surface area contributed by atoms with E-state index in [2.05, 4.69) is 40.2 Å². The molecule has 2 heterocycles. The molecule has 0 unspecified atom stereocenters. The zero-order chi connectivity index (χ0) is 17.4. The molecule has 1 aromatic heterocycles. The Bertz CT molecular complexity index is 1140. The highest BCUT2D eigenvalue weighted by molar-refractivity contribution is 6.42. The van der Waals surface area contributed by atoms with Crippen molar-refractivity contribution in [2.24, 2.45) is 0 Å². The van der Waals surface area contributed by atoms with Crippen LogP contribution in [0.3, 0.4) is 0 Å². The van der Waals surface area contributed by atoms with Crippen molar-refractivity contribution in [1.82, 2.24) is 10.4 Å². The number of hydrogen-bond donors (Lipinski definition) is 1. The number of nitrogens with one attached hydrogen (secondary N) is 1. The molecule has 124 valence electrons. The molecule has 1 aliphatic rings. The maximum Gasteiger partial charge on any atom is 0.0669 e. The van der Waals surface area contributed by atoms with E-state index in [0.717, 1.165) is 32.3 Å². The highest BCUT2D eigenvalue weighted by atomic mass is 35.5. The second-order valence-electron chi connectivity index (χ2n) is 5.92. The summed E-state index contributed by atoms with van der Waals surface area (Å²) in [6.07, 6.45) is 3.84. The molecule has 4 rings (SSSR count). The lowest BCUT2D eigenvalue weighted by molar-refractivity contribution is 0.778. The van der Waals surface area contributed by atoms with E-state index in [1.54, 1.807) is 0 Å². The van der Waals surface area contributed by atoms with E-state index in [1.807, 2.05) is 42.7 Å². The smallest absolute Gasteiger partial charge is 0.0669 e. The van der Waals surface area contributed by atoms with Crippen LogP contribution in [0.15, 0.2) is 54.7 Å². The predicted molar refractivity (Wildman–Crippen MR) is 103 cm³/mol. The van der Waals surface area contributed by atoms with Gasteiger partial charge in [-0.25, -0.2) is 0 Å². The second-order valence-corrected chi connectivity index (χ2v) is 6.73. The summed E-state index contributed by atoms with van der Waals surface area (Å²) in [5.74, 6) is 0. The number of hydrazine groups is 1. The number of aromatic nitrogens is 1. The summed E-state index contributed by atoms with van der Waals surface area (Å²) in [6, 6.07) is 16.0. The number of pyridine rings is 1. The third kappa shape index (κ3) is 3.21. The van der Waals surface area contributed by atoms with Gasteiger partial charge in [0.1, 0.15) is 0 Å². The molecule has 0 spiro atoms. The molecule has 3 nitrogen and oxygen atoms in total. The zero-order valence-corrected chi connectivity index (χ0v) is 14.8. The van der Waals surface area contributed by atoms with Gasteiger partial charge < -0.3 is 5.43 Å². The van der Waals surface area contributed by atoms with Gasteiger partial charge in [-0.05, 0) is 35.0 Å². The summed E-state index contributed by atoms with van der Waals surface area (Å²) in [4.78, 5) is 4.28. The lowest BCUT2D eigenvalue weighted by Gasteiger charge is -2.20. The van der Waals surface area contributed by atoms with Gasteiger partial charge in [0.15, 0.2) is 0 Å². The van der Waals surface area contributed by atoms with Crippen molar-refractivity contribution < 1.29 is 0 Å². The van der Waals surface area contributed by atoms with Crippen molar-refractivity contribution in [2.75, 3.05) is 5.01 Å². The van der Waals surface area contributed by atoms with Crippen LogP contribution in [0.25, 0.3) is 12.8 Å². The summed E-state index contributed by atoms with van der Waals surface area (Å²) >= 11 is 12.1. The Morgan fingerprint density at radius 2 is 1.80 bits per heavy atom. The molecule has 0 saturated carbocycles. The van der Waals surface area contributed by atoms with Crippen LogP contribution >= 0.6 is 23.2 Å². The van der Waals surface area contributed by atoms with Gasteiger partial charge in [0.25, 0.3) is 0 Å². The van der Waals surface area contributed by atoms with Gasteiger partial charge in [-0.1, -0.05) is 54.0 Å². The molecule has 1 aliphatic heterocycles. The van der Waals surface area contributed by atoms with E-state index in [1.165, 1.54) is 0 Å². The van der Waals surface area contributed by atoms with Crippen LogP contribution in [-0.4, -0.2) is 4.98 Å². The number of benzene rings is 2. The lowest BCUT2D eigenvalue weighted by Crippen LogP contribution is -2.30. The summed E-state index contributed by atoms with van der Waals surface area (Å²) in [6.45, 7) is 4.51. The van der Waals surface area contributed by atoms with Crippen molar-refractivity contribution in [3.63, 3.8) is 0 Å². The largest absolute Gasteiger partial charge is 0.305 e. The van der Waals surface area contributed by atoms with E-state index >= 15 is 0 Å². The molecule has 0 radical (unpaired) electrons. The van der Waals surface area contributed by atoms with Gasteiger partial charge in [-0.2, -0.15) is 0 Å². The molecule has 25 heavy (non-hydrogen) atoms. The molecular weight excluding hydrogens is 353 g/mol. The van der Waals surface area contributed by atoms with E-state index in [0.29, 0.717) is 16.6 Å². The fourth-order valence-corrected chi connectivity index (χ4v) is 3.16. The lowest BCUT2D eigenvalue weighted by atomic mass is 10.1. The SMILES string of the molecule is C=c1ccc(=c2ccc3c(c2)N(Cc2ccc(Cl)c(Cl)c2)NC=3)cn1. The third-order valence-corrected chi connectivity index (χ3v) is 4.92. The number of halogens is 2. The van der Waals surface area contributed by atoms with Crippen molar-refractivity contribution in [3.05, 3.63) is 91.3 Å². The summed E-state index contributed by atoms with van der Waals surface area (Å²) in [7, 11) is 0. The van der Waals surface area contributed by atoms with Crippen molar-refractivity contribution in [1.29, 1.82) is 0 Å². The summed E-state index contributed by atoms with van der Waals surface area (Å²) in [5, 5.41) is 7.30. The van der Waals surface area contributed by atoms with Gasteiger partial charge in [0, 0.05) is 22.8 Å². The normalized spacial score (nSPS) is 13.9. The molecule has 2 aromatic carbocycles. The van der Waals surface area contributed by atoms with E-state index < -0.39 is 0 Å². The van der Waals surface area contributed by atoms with Gasteiger partial charge >= 0.3 is 0 Å². The monoisotopic (exact) mass is 367 g/mol. The first-order valence-electron chi connectivity index (χ1n) is 7.83. The molecule has 1 N–H and O–H groups in total. The fraction of sp³-hybridized carbons (Fsp3) is 0.0500. The van der Waals surface area contributed by atoms with Gasteiger partial charge in [-0.15, -0.1) is 0 Å². The quantitative estimate of drug-likeness (QED) is 0.752. The average molecular weight is 368 g/mol. The van der Waals surface area contributed by atoms with Crippen LogP contribution in [0.1, 0.15) is 5.56 Å². The maximum atomic E-state index is 6.13. The molecular formula is C20H15Cl2N3. The van der Waals surface area contributed by atoms with E-state index in [-0.39, 0.29) is 0 Å². The topological polar surface area (TPSA) is 28.2 Å². The first-order chi connectivity index (χ1) is 12.1. The Morgan fingerprint density at radius 1 is 0.960 bits per heavy atom. The Labute approximate surface area is 155 Å². The van der Waals surface area contributed by atoms with Crippen molar-refractivity contribution in [2.45, 2.75) is 6.54 Å². The molecule has 5 heteroatoms. The Morgan fingerprint density at radius 3 is 2.56 bits per heavy atom. The van der Waals surface area contributed by atoms with Crippen molar-refractivity contribution >= 4 is 41.7 Å². The molecule has 0 aliphatic carbocycles. The minimum absolute atomic E-state index is 0.565. The van der Waals surface area contributed by atoms with Crippen LogP contribution in [0.4, 0.5) is 5.69 Å². The first-order valence-corrected chi connectivity index (χ1v) is 8.59. The Balaban J connectivity index is 1.74.